The zero-order valence-corrected chi connectivity index (χ0v) is 17.5. The normalized spacial score (nSPS) is 11.9. The lowest BCUT2D eigenvalue weighted by molar-refractivity contribution is 0.0977. The molecule has 0 aliphatic heterocycles. The van der Waals surface area contributed by atoms with Crippen molar-refractivity contribution in [1.82, 2.24) is 0 Å². The monoisotopic (exact) mass is 388 g/mol. The highest BCUT2D eigenvalue weighted by atomic mass is 16.5. The van der Waals surface area contributed by atoms with Crippen LogP contribution in [0, 0.1) is 0 Å². The summed E-state index contributed by atoms with van der Waals surface area (Å²) in [6.07, 6.45) is 0.389. The highest BCUT2D eigenvalue weighted by Gasteiger charge is 2.20. The van der Waals surface area contributed by atoms with Crippen LogP contribution in [0.4, 0.5) is 0 Å². The highest BCUT2D eigenvalue weighted by Crippen LogP contribution is 2.32. The molecule has 0 aromatic heterocycles. The molecule has 0 saturated heterocycles. The van der Waals surface area contributed by atoms with Gasteiger partial charge in [-0.1, -0.05) is 50.2 Å². The lowest BCUT2D eigenvalue weighted by Crippen LogP contribution is -2.10. The summed E-state index contributed by atoms with van der Waals surface area (Å²) in [5.74, 6) is 2.08. The Bertz CT molecular complexity index is 940. The van der Waals surface area contributed by atoms with Gasteiger partial charge in [0.05, 0.1) is 14.2 Å². The van der Waals surface area contributed by atoms with Crippen LogP contribution in [-0.2, 0) is 0 Å². The molecule has 3 rings (SSSR count). The molecule has 0 aliphatic rings. The maximum absolute atomic E-state index is 13.1. The van der Waals surface area contributed by atoms with Gasteiger partial charge in [-0.15, -0.1) is 0 Å². The van der Waals surface area contributed by atoms with Crippen LogP contribution in [-0.4, -0.2) is 20.0 Å². The Balaban J connectivity index is 1.94. The van der Waals surface area contributed by atoms with Crippen molar-refractivity contribution in [2.45, 2.75) is 32.1 Å². The van der Waals surface area contributed by atoms with Crippen LogP contribution in [0.25, 0.3) is 0 Å². The van der Waals surface area contributed by atoms with Crippen LogP contribution < -0.4 is 9.47 Å². The molecule has 0 fully saturated rings. The van der Waals surface area contributed by atoms with E-state index in [1.807, 2.05) is 42.5 Å². The van der Waals surface area contributed by atoms with Crippen molar-refractivity contribution in [2.24, 2.45) is 0 Å². The van der Waals surface area contributed by atoms with E-state index in [1.54, 1.807) is 14.2 Å². The number of ketones is 1. The lowest BCUT2D eigenvalue weighted by atomic mass is 9.85. The van der Waals surface area contributed by atoms with E-state index in [0.717, 1.165) is 22.6 Å². The van der Waals surface area contributed by atoms with Crippen molar-refractivity contribution in [1.29, 1.82) is 0 Å². The molecule has 3 nitrogen and oxygen atoms in total. The summed E-state index contributed by atoms with van der Waals surface area (Å²) in [5, 5.41) is 0. The smallest absolute Gasteiger partial charge is 0.163 e. The summed E-state index contributed by atoms with van der Waals surface area (Å²) >= 11 is 0. The second-order valence-corrected chi connectivity index (χ2v) is 7.51. The van der Waals surface area contributed by atoms with E-state index >= 15 is 0 Å². The molecular formula is C26H28O3. The molecule has 29 heavy (non-hydrogen) atoms. The Morgan fingerprint density at radius 1 is 0.759 bits per heavy atom. The molecule has 3 aromatic rings. The quantitative estimate of drug-likeness (QED) is 0.429. The number of hydrogen-bond acceptors (Lipinski definition) is 3. The number of carbonyl (C=O) groups is 1. The fraction of sp³-hybridized carbons (Fsp3) is 0.269. The Labute approximate surface area is 173 Å². The molecule has 0 spiro atoms. The van der Waals surface area contributed by atoms with Crippen molar-refractivity contribution in [3.63, 3.8) is 0 Å². The summed E-state index contributed by atoms with van der Waals surface area (Å²) in [5.41, 5.74) is 4.19. The maximum Gasteiger partial charge on any atom is 0.163 e. The van der Waals surface area contributed by atoms with E-state index in [0.29, 0.717) is 17.9 Å². The van der Waals surface area contributed by atoms with E-state index in [-0.39, 0.29) is 11.7 Å². The summed E-state index contributed by atoms with van der Waals surface area (Å²) < 4.78 is 10.6. The van der Waals surface area contributed by atoms with E-state index in [4.69, 9.17) is 9.47 Å². The molecule has 0 saturated carbocycles. The van der Waals surface area contributed by atoms with E-state index in [9.17, 15) is 4.79 Å². The molecule has 0 heterocycles. The predicted octanol–water partition coefficient (Wildman–Crippen LogP) is 6.23. The maximum atomic E-state index is 13.1. The number of carbonyl (C=O) groups excluding carboxylic acids is 1. The molecule has 0 radical (unpaired) electrons. The van der Waals surface area contributed by atoms with Gasteiger partial charge < -0.3 is 9.47 Å². The highest BCUT2D eigenvalue weighted by molar-refractivity contribution is 5.97. The van der Waals surface area contributed by atoms with Crippen molar-refractivity contribution in [3.05, 3.63) is 95.1 Å². The van der Waals surface area contributed by atoms with E-state index in [2.05, 4.69) is 44.2 Å². The number of rotatable bonds is 8. The van der Waals surface area contributed by atoms with Crippen LogP contribution in [0.1, 0.15) is 59.2 Å². The van der Waals surface area contributed by atoms with Crippen molar-refractivity contribution < 1.29 is 14.3 Å². The second-order valence-electron chi connectivity index (χ2n) is 7.51. The van der Waals surface area contributed by atoms with E-state index in [1.165, 1.54) is 5.56 Å². The van der Waals surface area contributed by atoms with Gasteiger partial charge in [0.15, 0.2) is 5.78 Å². The van der Waals surface area contributed by atoms with Gasteiger partial charge in [-0.25, -0.2) is 0 Å². The third kappa shape index (κ3) is 5.05. The largest absolute Gasteiger partial charge is 0.497 e. The zero-order valence-electron chi connectivity index (χ0n) is 17.5. The Morgan fingerprint density at radius 2 is 1.38 bits per heavy atom. The Morgan fingerprint density at radius 3 is 1.97 bits per heavy atom. The average Bonchev–Trinajstić information content (AvgIpc) is 2.77. The van der Waals surface area contributed by atoms with Gasteiger partial charge in [-0.3, -0.25) is 4.79 Å². The first-order valence-corrected chi connectivity index (χ1v) is 9.93. The molecular weight excluding hydrogens is 360 g/mol. The van der Waals surface area contributed by atoms with Gasteiger partial charge >= 0.3 is 0 Å². The van der Waals surface area contributed by atoms with Crippen LogP contribution in [0.3, 0.4) is 0 Å². The van der Waals surface area contributed by atoms with Gasteiger partial charge in [0.1, 0.15) is 11.5 Å². The minimum atomic E-state index is -0.0408. The van der Waals surface area contributed by atoms with E-state index < -0.39 is 0 Å². The molecule has 1 unspecified atom stereocenters. The summed E-state index contributed by atoms with van der Waals surface area (Å²) in [6.45, 7) is 4.36. The number of hydrogen-bond donors (Lipinski definition) is 0. The molecule has 0 bridgehead atoms. The SMILES string of the molecule is COc1ccc(C(=O)CC(c2ccc(C(C)C)cc2)c2cccc(OC)c2)cc1. The van der Waals surface area contributed by atoms with Crippen LogP contribution in [0.15, 0.2) is 72.8 Å². The first-order chi connectivity index (χ1) is 14.0. The average molecular weight is 389 g/mol. The molecule has 150 valence electrons. The standard InChI is InChI=1S/C26H28O3/c1-18(2)19-8-10-20(11-9-19)25(22-6-5-7-24(16-22)29-4)17-26(27)21-12-14-23(28-3)15-13-21/h5-16,18,25H,17H2,1-4H3. The molecule has 0 N–H and O–H groups in total. The fourth-order valence-corrected chi connectivity index (χ4v) is 3.48. The first kappa shape index (κ1) is 20.7. The summed E-state index contributed by atoms with van der Waals surface area (Å²) in [4.78, 5) is 13.1. The predicted molar refractivity (Wildman–Crippen MR) is 117 cm³/mol. The summed E-state index contributed by atoms with van der Waals surface area (Å²) in [6, 6.07) is 23.9. The third-order valence-corrected chi connectivity index (χ3v) is 5.30. The lowest BCUT2D eigenvalue weighted by Gasteiger charge is -2.19. The Hall–Kier alpha value is -3.07. The van der Waals surface area contributed by atoms with Gasteiger partial charge in [-0.05, 0) is 59.0 Å². The fourth-order valence-electron chi connectivity index (χ4n) is 3.48. The third-order valence-electron chi connectivity index (χ3n) is 5.30. The molecule has 3 heteroatoms. The van der Waals surface area contributed by atoms with Crippen LogP contribution in [0.2, 0.25) is 0 Å². The number of benzene rings is 3. The van der Waals surface area contributed by atoms with Crippen LogP contribution >= 0.6 is 0 Å². The second kappa shape index (κ2) is 9.42. The molecule has 0 amide bonds. The first-order valence-electron chi connectivity index (χ1n) is 9.93. The molecule has 1 atom stereocenters. The topological polar surface area (TPSA) is 35.5 Å². The van der Waals surface area contributed by atoms with Gasteiger partial charge in [0, 0.05) is 17.9 Å². The molecule has 3 aromatic carbocycles. The van der Waals surface area contributed by atoms with Gasteiger partial charge in [0.25, 0.3) is 0 Å². The van der Waals surface area contributed by atoms with Crippen molar-refractivity contribution in [3.8, 4) is 11.5 Å². The minimum absolute atomic E-state index is 0.0408. The molecule has 0 aliphatic carbocycles. The van der Waals surface area contributed by atoms with Crippen LogP contribution in [0.5, 0.6) is 11.5 Å². The van der Waals surface area contributed by atoms with Gasteiger partial charge in [-0.2, -0.15) is 0 Å². The number of methoxy groups -OCH3 is 2. The summed E-state index contributed by atoms with van der Waals surface area (Å²) in [7, 11) is 3.28. The zero-order chi connectivity index (χ0) is 20.8. The Kier molecular flexibility index (Phi) is 6.71. The van der Waals surface area contributed by atoms with Crippen molar-refractivity contribution in [2.75, 3.05) is 14.2 Å². The minimum Gasteiger partial charge on any atom is -0.497 e. The number of Topliss-reactive ketones (excluding diaryl/α,β-unsaturated/α-hetero) is 1. The van der Waals surface area contributed by atoms with Crippen molar-refractivity contribution >= 4 is 5.78 Å². The van der Waals surface area contributed by atoms with Gasteiger partial charge in [0.2, 0.25) is 0 Å². The number of ether oxygens (including phenoxy) is 2.